The molecule has 0 aliphatic carbocycles. The van der Waals surface area contributed by atoms with Crippen molar-refractivity contribution in [3.8, 4) is 0 Å². The Bertz CT molecular complexity index is 307. The summed E-state index contributed by atoms with van der Waals surface area (Å²) in [5.41, 5.74) is 0.307. The molecule has 1 rings (SSSR count). The van der Waals surface area contributed by atoms with Gasteiger partial charge in [0.15, 0.2) is 18.5 Å². The van der Waals surface area contributed by atoms with Gasteiger partial charge in [0, 0.05) is 19.4 Å². The molecule has 4 atom stereocenters. The van der Waals surface area contributed by atoms with Gasteiger partial charge in [0.2, 0.25) is 0 Å². The van der Waals surface area contributed by atoms with Crippen LogP contribution in [0.1, 0.15) is 20.8 Å². The average Bonchev–Trinajstić information content (AvgIpc) is 2.18. The lowest BCUT2D eigenvalue weighted by molar-refractivity contribution is -0.231. The largest absolute Gasteiger partial charge is 0.455 e. The second kappa shape index (κ2) is 5.29. The normalized spacial score (nSPS) is 33.1. The third-order valence-corrected chi connectivity index (χ3v) is 2.36. The van der Waals surface area contributed by atoms with Crippen molar-refractivity contribution in [2.75, 3.05) is 0 Å². The lowest BCUT2D eigenvalue weighted by atomic mass is 9.97. The first-order valence-corrected chi connectivity index (χ1v) is 5.19. The molecule has 0 amide bonds. The summed E-state index contributed by atoms with van der Waals surface area (Å²) in [6.45, 7) is 7.78. The van der Waals surface area contributed by atoms with Crippen molar-refractivity contribution in [3.05, 3.63) is 12.2 Å². The quantitative estimate of drug-likeness (QED) is 0.549. The Hall–Kier alpha value is -1.40. The highest BCUT2D eigenvalue weighted by atomic mass is 16.7. The number of hydrogen-bond donors (Lipinski definition) is 1. The van der Waals surface area contributed by atoms with Gasteiger partial charge in [0.05, 0.1) is 6.10 Å². The molecule has 6 nitrogen and oxygen atoms in total. The first-order chi connectivity index (χ1) is 7.82. The SMILES string of the molecule is C=C1[C@@H](OC(C)=O)[C@H](O)O[C@H](C)[C@H]1OC(C)=O. The summed E-state index contributed by atoms with van der Waals surface area (Å²) in [5, 5.41) is 9.61. The standard InChI is InChI=1S/C11H16O6/c1-5-9(16-7(3)12)6(2)15-11(14)10(5)17-8(4)13/h6,9-11,14H,1H2,2-4H3/t6-,9+,10-,11-/m1/s1. The maximum absolute atomic E-state index is 10.9. The van der Waals surface area contributed by atoms with Crippen LogP contribution in [0, 0.1) is 0 Å². The highest BCUT2D eigenvalue weighted by Crippen LogP contribution is 2.27. The van der Waals surface area contributed by atoms with E-state index in [1.165, 1.54) is 13.8 Å². The van der Waals surface area contributed by atoms with Crippen LogP contribution in [0.5, 0.6) is 0 Å². The van der Waals surface area contributed by atoms with Gasteiger partial charge in [-0.15, -0.1) is 0 Å². The molecule has 0 aromatic carbocycles. The lowest BCUT2D eigenvalue weighted by Gasteiger charge is -2.38. The van der Waals surface area contributed by atoms with Gasteiger partial charge in [-0.05, 0) is 6.92 Å². The number of carbonyl (C=O) groups is 2. The predicted octanol–water partition coefficient (Wildman–Crippen LogP) is 0.143. The summed E-state index contributed by atoms with van der Waals surface area (Å²) in [4.78, 5) is 21.8. The number of aliphatic hydroxyl groups is 1. The Kier molecular flexibility index (Phi) is 4.25. The highest BCUT2D eigenvalue weighted by Gasteiger charge is 2.41. The smallest absolute Gasteiger partial charge is 0.303 e. The summed E-state index contributed by atoms with van der Waals surface area (Å²) in [5.74, 6) is -1.07. The van der Waals surface area contributed by atoms with Gasteiger partial charge in [0.25, 0.3) is 0 Å². The average molecular weight is 244 g/mol. The van der Waals surface area contributed by atoms with Crippen LogP contribution in [0.2, 0.25) is 0 Å². The Morgan fingerprint density at radius 3 is 2.18 bits per heavy atom. The van der Waals surface area contributed by atoms with E-state index in [-0.39, 0.29) is 0 Å². The van der Waals surface area contributed by atoms with E-state index in [4.69, 9.17) is 14.2 Å². The molecule has 0 bridgehead atoms. The van der Waals surface area contributed by atoms with Gasteiger partial charge in [0.1, 0.15) is 0 Å². The van der Waals surface area contributed by atoms with Crippen molar-refractivity contribution < 1.29 is 28.9 Å². The lowest BCUT2D eigenvalue weighted by Crippen LogP contribution is -2.50. The fraction of sp³-hybridized carbons (Fsp3) is 0.636. The van der Waals surface area contributed by atoms with Gasteiger partial charge in [-0.3, -0.25) is 9.59 Å². The molecule has 17 heavy (non-hydrogen) atoms. The summed E-state index contributed by atoms with van der Waals surface area (Å²) in [6.07, 6.45) is -3.60. The second-order valence-corrected chi connectivity index (χ2v) is 3.87. The van der Waals surface area contributed by atoms with E-state index in [0.717, 1.165) is 0 Å². The summed E-state index contributed by atoms with van der Waals surface area (Å²) in [6, 6.07) is 0. The summed E-state index contributed by atoms with van der Waals surface area (Å²) >= 11 is 0. The van der Waals surface area contributed by atoms with Gasteiger partial charge >= 0.3 is 11.9 Å². The topological polar surface area (TPSA) is 82.1 Å². The molecule has 0 radical (unpaired) electrons. The van der Waals surface area contributed by atoms with Crippen molar-refractivity contribution in [1.82, 2.24) is 0 Å². The summed E-state index contributed by atoms with van der Waals surface area (Å²) in [7, 11) is 0. The first kappa shape index (κ1) is 13.7. The fourth-order valence-corrected chi connectivity index (χ4v) is 1.67. The molecule has 1 heterocycles. The Morgan fingerprint density at radius 1 is 1.24 bits per heavy atom. The minimum Gasteiger partial charge on any atom is -0.455 e. The second-order valence-electron chi connectivity index (χ2n) is 3.87. The van der Waals surface area contributed by atoms with Crippen LogP contribution in [0.25, 0.3) is 0 Å². The zero-order chi connectivity index (χ0) is 13.2. The maximum Gasteiger partial charge on any atom is 0.303 e. The van der Waals surface area contributed by atoms with Crippen molar-refractivity contribution >= 4 is 11.9 Å². The molecule has 96 valence electrons. The van der Waals surface area contributed by atoms with Crippen molar-refractivity contribution in [2.24, 2.45) is 0 Å². The van der Waals surface area contributed by atoms with Crippen LogP contribution in [0.4, 0.5) is 0 Å². The fourth-order valence-electron chi connectivity index (χ4n) is 1.67. The van der Waals surface area contributed by atoms with Crippen molar-refractivity contribution in [1.29, 1.82) is 0 Å². The Morgan fingerprint density at radius 2 is 1.71 bits per heavy atom. The third kappa shape index (κ3) is 3.28. The number of ether oxygens (including phenoxy) is 3. The van der Waals surface area contributed by atoms with Gasteiger partial charge in [-0.2, -0.15) is 0 Å². The molecular formula is C11H16O6. The Labute approximate surface area is 99.2 Å². The minimum absolute atomic E-state index is 0.307. The molecule has 0 unspecified atom stereocenters. The molecule has 0 spiro atoms. The molecule has 0 aromatic rings. The molecule has 0 aromatic heterocycles. The van der Waals surface area contributed by atoms with Crippen LogP contribution >= 0.6 is 0 Å². The molecular weight excluding hydrogens is 228 g/mol. The van der Waals surface area contributed by atoms with Crippen LogP contribution in [0.3, 0.4) is 0 Å². The van der Waals surface area contributed by atoms with E-state index >= 15 is 0 Å². The van der Waals surface area contributed by atoms with E-state index in [1.807, 2.05) is 0 Å². The van der Waals surface area contributed by atoms with Gasteiger partial charge in [-0.25, -0.2) is 0 Å². The van der Waals surface area contributed by atoms with Crippen molar-refractivity contribution in [3.63, 3.8) is 0 Å². The molecule has 0 saturated carbocycles. The maximum atomic E-state index is 10.9. The zero-order valence-corrected chi connectivity index (χ0v) is 10.0. The van der Waals surface area contributed by atoms with E-state index < -0.39 is 36.5 Å². The van der Waals surface area contributed by atoms with E-state index in [0.29, 0.717) is 5.57 Å². The highest BCUT2D eigenvalue weighted by molar-refractivity contribution is 5.67. The van der Waals surface area contributed by atoms with Crippen LogP contribution in [0.15, 0.2) is 12.2 Å². The molecule has 1 fully saturated rings. The van der Waals surface area contributed by atoms with Crippen LogP contribution < -0.4 is 0 Å². The molecule has 6 heteroatoms. The molecule has 1 aliphatic heterocycles. The number of esters is 2. The van der Waals surface area contributed by atoms with E-state index in [9.17, 15) is 14.7 Å². The number of hydrogen-bond acceptors (Lipinski definition) is 6. The monoisotopic (exact) mass is 244 g/mol. The predicted molar refractivity (Wildman–Crippen MR) is 56.8 cm³/mol. The first-order valence-electron chi connectivity index (χ1n) is 5.19. The van der Waals surface area contributed by atoms with Gasteiger partial charge < -0.3 is 19.3 Å². The molecule has 1 saturated heterocycles. The number of rotatable bonds is 2. The molecule has 1 aliphatic rings. The number of aliphatic hydroxyl groups excluding tert-OH is 1. The zero-order valence-electron chi connectivity index (χ0n) is 10.0. The van der Waals surface area contributed by atoms with Gasteiger partial charge in [-0.1, -0.05) is 6.58 Å². The van der Waals surface area contributed by atoms with Crippen LogP contribution in [-0.2, 0) is 23.8 Å². The minimum atomic E-state index is -1.30. The van der Waals surface area contributed by atoms with E-state index in [1.54, 1.807) is 6.92 Å². The number of carbonyl (C=O) groups excluding carboxylic acids is 2. The van der Waals surface area contributed by atoms with E-state index in [2.05, 4.69) is 6.58 Å². The third-order valence-electron chi connectivity index (χ3n) is 2.36. The summed E-state index contributed by atoms with van der Waals surface area (Å²) < 4.78 is 15.0. The van der Waals surface area contributed by atoms with Crippen LogP contribution in [-0.4, -0.2) is 41.6 Å². The van der Waals surface area contributed by atoms with Crippen molar-refractivity contribution in [2.45, 2.75) is 45.4 Å². The molecule has 1 N–H and O–H groups in total. The Balaban J connectivity index is 2.82.